The normalized spacial score (nSPS) is 16.0. The molecule has 2 aromatic carbocycles. The number of aryl methyl sites for hydroxylation is 2. The van der Waals surface area contributed by atoms with Crippen molar-refractivity contribution in [1.29, 1.82) is 0 Å². The average molecular weight is 382 g/mol. The maximum absolute atomic E-state index is 12.6. The summed E-state index contributed by atoms with van der Waals surface area (Å²) in [5.74, 6) is -0.218. The number of nitrogens with one attached hydrogen (secondary N) is 1. The zero-order chi connectivity index (χ0) is 19.0. The fourth-order valence-electron chi connectivity index (χ4n) is 3.36. The highest BCUT2D eigenvalue weighted by Crippen LogP contribution is 2.27. The van der Waals surface area contributed by atoms with Gasteiger partial charge in [0.1, 0.15) is 6.10 Å². The third-order valence-corrected chi connectivity index (χ3v) is 4.84. The predicted molar refractivity (Wildman–Crippen MR) is 105 cm³/mol. The molecule has 1 aliphatic heterocycles. The van der Waals surface area contributed by atoms with Gasteiger partial charge in [-0.1, -0.05) is 29.8 Å². The van der Waals surface area contributed by atoms with Crippen LogP contribution in [0.1, 0.15) is 39.0 Å². The zero-order valence-electron chi connectivity index (χ0n) is 15.2. The molecule has 4 rings (SSSR count). The Morgan fingerprint density at radius 1 is 1.15 bits per heavy atom. The first-order chi connectivity index (χ1) is 13.0. The number of hydrogen-bond donors (Lipinski definition) is 1. The average Bonchev–Trinajstić information content (AvgIpc) is 3.05. The Morgan fingerprint density at radius 3 is 2.56 bits per heavy atom. The first-order valence-corrected chi connectivity index (χ1v) is 9.19. The second-order valence-electron chi connectivity index (χ2n) is 6.88. The number of benzene rings is 2. The summed E-state index contributed by atoms with van der Waals surface area (Å²) in [5.41, 5.74) is 5.32. The summed E-state index contributed by atoms with van der Waals surface area (Å²) in [4.78, 5) is 12.6. The Bertz CT molecular complexity index is 975. The van der Waals surface area contributed by atoms with Crippen molar-refractivity contribution in [3.05, 3.63) is 81.6 Å². The summed E-state index contributed by atoms with van der Waals surface area (Å²) < 4.78 is 7.78. The van der Waals surface area contributed by atoms with Crippen molar-refractivity contribution in [2.45, 2.75) is 33.1 Å². The van der Waals surface area contributed by atoms with E-state index in [0.29, 0.717) is 23.9 Å². The van der Waals surface area contributed by atoms with E-state index < -0.39 is 0 Å². The van der Waals surface area contributed by atoms with Crippen LogP contribution in [-0.4, -0.2) is 15.7 Å². The van der Waals surface area contributed by atoms with Crippen molar-refractivity contribution in [1.82, 2.24) is 9.78 Å². The minimum atomic E-state index is -0.218. The van der Waals surface area contributed by atoms with Gasteiger partial charge in [0.05, 0.1) is 18.8 Å². The third-order valence-electron chi connectivity index (χ3n) is 4.59. The topological polar surface area (TPSA) is 56.2 Å². The van der Waals surface area contributed by atoms with E-state index in [1.165, 1.54) is 0 Å². The van der Waals surface area contributed by atoms with Crippen molar-refractivity contribution in [2.24, 2.45) is 0 Å². The number of carbonyl (C=O) groups excluding carboxylic acids is 1. The van der Waals surface area contributed by atoms with E-state index in [1.54, 1.807) is 6.07 Å². The number of nitrogens with zero attached hydrogens (tertiary/aromatic N) is 2. The van der Waals surface area contributed by atoms with Crippen LogP contribution in [0.5, 0.6) is 0 Å². The van der Waals surface area contributed by atoms with E-state index in [9.17, 15) is 4.79 Å². The molecule has 1 aromatic heterocycles. The van der Waals surface area contributed by atoms with Gasteiger partial charge in [-0.2, -0.15) is 5.10 Å². The molecule has 1 aliphatic rings. The Hall–Kier alpha value is -2.63. The molecule has 27 heavy (non-hydrogen) atoms. The zero-order valence-corrected chi connectivity index (χ0v) is 16.0. The lowest BCUT2D eigenvalue weighted by molar-refractivity contribution is -0.00118. The molecule has 2 heterocycles. The number of amides is 1. The molecular formula is C21H20ClN3O2. The van der Waals surface area contributed by atoms with Gasteiger partial charge in [-0.3, -0.25) is 9.48 Å². The lowest BCUT2D eigenvalue weighted by Gasteiger charge is -2.24. The van der Waals surface area contributed by atoms with Gasteiger partial charge in [0.25, 0.3) is 5.91 Å². The van der Waals surface area contributed by atoms with Gasteiger partial charge in [-0.25, -0.2) is 0 Å². The van der Waals surface area contributed by atoms with E-state index in [0.717, 1.165) is 28.1 Å². The van der Waals surface area contributed by atoms with Crippen LogP contribution < -0.4 is 5.32 Å². The Balaban J connectivity index is 1.50. The highest BCUT2D eigenvalue weighted by Gasteiger charge is 2.24. The minimum Gasteiger partial charge on any atom is -0.365 e. The second-order valence-corrected chi connectivity index (χ2v) is 7.32. The Labute approximate surface area is 162 Å². The Morgan fingerprint density at radius 2 is 1.85 bits per heavy atom. The Kier molecular flexibility index (Phi) is 4.72. The van der Waals surface area contributed by atoms with Crippen molar-refractivity contribution in [3.63, 3.8) is 0 Å². The quantitative estimate of drug-likeness (QED) is 0.716. The molecule has 138 valence electrons. The van der Waals surface area contributed by atoms with E-state index in [-0.39, 0.29) is 12.0 Å². The molecule has 0 radical (unpaired) electrons. The number of ether oxygens (including phenoxy) is 1. The first-order valence-electron chi connectivity index (χ1n) is 8.81. The van der Waals surface area contributed by atoms with Crippen LogP contribution in [0.3, 0.4) is 0 Å². The van der Waals surface area contributed by atoms with Gasteiger partial charge in [0.2, 0.25) is 0 Å². The molecule has 0 saturated heterocycles. The van der Waals surface area contributed by atoms with E-state index >= 15 is 0 Å². The molecule has 0 fully saturated rings. The fraction of sp³-hybridized carbons (Fsp3) is 0.238. The van der Waals surface area contributed by atoms with E-state index in [4.69, 9.17) is 16.3 Å². The second kappa shape index (κ2) is 7.18. The molecule has 0 spiro atoms. The maximum Gasteiger partial charge on any atom is 0.276 e. The van der Waals surface area contributed by atoms with E-state index in [1.807, 2.05) is 54.9 Å². The number of anilines is 1. The summed E-state index contributed by atoms with van der Waals surface area (Å²) in [7, 11) is 0. The van der Waals surface area contributed by atoms with Crippen LogP contribution in [0.15, 0.2) is 48.5 Å². The largest absolute Gasteiger partial charge is 0.365 e. The molecule has 1 amide bonds. The number of hydrogen-bond acceptors (Lipinski definition) is 3. The summed E-state index contributed by atoms with van der Waals surface area (Å²) >= 11 is 5.95. The number of fused-ring (bicyclic) bond motifs is 1. The molecular weight excluding hydrogens is 362 g/mol. The number of carbonyl (C=O) groups is 1. The van der Waals surface area contributed by atoms with Gasteiger partial charge in [0, 0.05) is 10.7 Å². The molecule has 1 N–H and O–H groups in total. The SMILES string of the molecule is Cc1cc(C)cc(NC(=O)c2cc3n(n2)C[C@H](c2ccc(Cl)cc2)OC3)c1. The van der Waals surface area contributed by atoms with Crippen LogP contribution in [0.25, 0.3) is 0 Å². The number of rotatable bonds is 3. The third kappa shape index (κ3) is 3.89. The van der Waals surface area contributed by atoms with Crippen molar-refractivity contribution in [3.8, 4) is 0 Å². The van der Waals surface area contributed by atoms with Gasteiger partial charge < -0.3 is 10.1 Å². The molecule has 3 aromatic rings. The monoisotopic (exact) mass is 381 g/mol. The summed E-state index contributed by atoms with van der Waals surface area (Å²) in [6, 6.07) is 15.4. The van der Waals surface area contributed by atoms with Gasteiger partial charge in [-0.05, 0) is 60.9 Å². The van der Waals surface area contributed by atoms with Gasteiger partial charge in [-0.15, -0.1) is 0 Å². The molecule has 0 saturated carbocycles. The predicted octanol–water partition coefficient (Wildman–Crippen LogP) is 4.68. The van der Waals surface area contributed by atoms with Crippen LogP contribution in [0, 0.1) is 13.8 Å². The van der Waals surface area contributed by atoms with Crippen LogP contribution in [0.2, 0.25) is 5.02 Å². The van der Waals surface area contributed by atoms with Crippen LogP contribution in [-0.2, 0) is 17.9 Å². The van der Waals surface area contributed by atoms with Crippen molar-refractivity contribution < 1.29 is 9.53 Å². The molecule has 1 atom stereocenters. The fourth-order valence-corrected chi connectivity index (χ4v) is 3.48. The first kappa shape index (κ1) is 17.8. The molecule has 5 nitrogen and oxygen atoms in total. The minimum absolute atomic E-state index is 0.106. The maximum atomic E-state index is 12.6. The summed E-state index contributed by atoms with van der Waals surface area (Å²) in [6.07, 6.45) is -0.106. The highest BCUT2D eigenvalue weighted by molar-refractivity contribution is 6.30. The summed E-state index contributed by atoms with van der Waals surface area (Å²) in [5, 5.41) is 8.11. The van der Waals surface area contributed by atoms with Crippen molar-refractivity contribution >= 4 is 23.2 Å². The smallest absolute Gasteiger partial charge is 0.276 e. The standard InChI is InChI=1S/C21H20ClN3O2/c1-13-7-14(2)9-17(8-13)23-21(26)19-10-18-12-27-20(11-25(18)24-19)15-3-5-16(22)6-4-15/h3-10,20H,11-12H2,1-2H3,(H,23,26)/t20-/m1/s1. The van der Waals surface area contributed by atoms with Gasteiger partial charge >= 0.3 is 0 Å². The number of halogens is 1. The summed E-state index contributed by atoms with van der Waals surface area (Å²) in [6.45, 7) is 4.99. The van der Waals surface area contributed by atoms with E-state index in [2.05, 4.69) is 16.5 Å². The highest BCUT2D eigenvalue weighted by atomic mass is 35.5. The molecule has 0 unspecified atom stereocenters. The molecule has 6 heteroatoms. The molecule has 0 aliphatic carbocycles. The lowest BCUT2D eigenvalue weighted by atomic mass is 10.1. The lowest BCUT2D eigenvalue weighted by Crippen LogP contribution is -2.22. The molecule has 0 bridgehead atoms. The van der Waals surface area contributed by atoms with Crippen molar-refractivity contribution in [2.75, 3.05) is 5.32 Å². The van der Waals surface area contributed by atoms with Gasteiger partial charge in [0.15, 0.2) is 5.69 Å². The van der Waals surface area contributed by atoms with Crippen LogP contribution in [0.4, 0.5) is 5.69 Å². The number of aromatic nitrogens is 2. The van der Waals surface area contributed by atoms with Crippen LogP contribution >= 0.6 is 11.6 Å².